The van der Waals surface area contributed by atoms with Crippen LogP contribution < -0.4 is 14.2 Å². The molecule has 2 heterocycles. The lowest BCUT2D eigenvalue weighted by Crippen LogP contribution is -2.35. The third-order valence-electron chi connectivity index (χ3n) is 5.01. The van der Waals surface area contributed by atoms with Gasteiger partial charge in [0.05, 0.1) is 6.54 Å². The van der Waals surface area contributed by atoms with Crippen LogP contribution in [0.2, 0.25) is 0 Å². The number of para-hydroxylation sites is 1. The number of rotatable bonds is 9. The molecule has 0 saturated carbocycles. The van der Waals surface area contributed by atoms with Crippen LogP contribution in [0.3, 0.4) is 0 Å². The molecule has 6 nitrogen and oxygen atoms in total. The van der Waals surface area contributed by atoms with Crippen molar-refractivity contribution in [1.29, 1.82) is 0 Å². The molecule has 1 atom stereocenters. The summed E-state index contributed by atoms with van der Waals surface area (Å²) in [6, 6.07) is 17.7. The molecular weight excluding hydrogens is 382 g/mol. The fraction of sp³-hybridized carbons (Fsp3) is 0.333. The van der Waals surface area contributed by atoms with Gasteiger partial charge in [0.25, 0.3) is 0 Å². The lowest BCUT2D eigenvalue weighted by Gasteiger charge is -2.25. The maximum atomic E-state index is 10.6. The number of ether oxygens (including phenoxy) is 3. The number of fused-ring (bicyclic) bond motifs is 1. The molecule has 0 amide bonds. The number of aryl methyl sites for hydroxylation is 2. The zero-order valence-electron chi connectivity index (χ0n) is 17.3. The zero-order chi connectivity index (χ0) is 20.9. The Balaban J connectivity index is 1.42. The zero-order valence-corrected chi connectivity index (χ0v) is 17.3. The molecule has 1 aromatic heterocycles. The van der Waals surface area contributed by atoms with Gasteiger partial charge in [0, 0.05) is 13.1 Å². The Hall–Kier alpha value is -2.96. The number of hydrogen-bond acceptors (Lipinski definition) is 6. The molecule has 0 bridgehead atoms. The molecule has 1 unspecified atom stereocenters. The maximum Gasteiger partial charge on any atom is 0.231 e. The lowest BCUT2D eigenvalue weighted by atomic mass is 10.1. The van der Waals surface area contributed by atoms with Gasteiger partial charge in [-0.1, -0.05) is 24.3 Å². The van der Waals surface area contributed by atoms with Gasteiger partial charge >= 0.3 is 0 Å². The topological polar surface area (TPSA) is 64.3 Å². The quantitative estimate of drug-likeness (QED) is 0.575. The fourth-order valence-electron chi connectivity index (χ4n) is 3.53. The summed E-state index contributed by atoms with van der Waals surface area (Å²) in [6.07, 6.45) is -0.644. The molecule has 1 aliphatic rings. The van der Waals surface area contributed by atoms with Crippen molar-refractivity contribution < 1.29 is 23.7 Å². The molecule has 0 fully saturated rings. The van der Waals surface area contributed by atoms with Crippen LogP contribution in [0.25, 0.3) is 0 Å². The predicted octanol–water partition coefficient (Wildman–Crippen LogP) is 4.07. The maximum absolute atomic E-state index is 10.6. The standard InChI is InChI=1S/C24H27NO5/c1-17-5-3-4-6-22(17)27-15-20(26)13-25(14-21-9-7-18(2)30-21)12-19-8-10-23-24(11-19)29-16-28-23/h3-11,20,26H,12-16H2,1-2H3. The summed E-state index contributed by atoms with van der Waals surface area (Å²) in [5, 5.41) is 10.6. The second-order valence-electron chi connectivity index (χ2n) is 7.60. The minimum Gasteiger partial charge on any atom is -0.491 e. The molecule has 30 heavy (non-hydrogen) atoms. The van der Waals surface area contributed by atoms with E-state index in [1.165, 1.54) is 0 Å². The molecule has 1 aliphatic heterocycles. The van der Waals surface area contributed by atoms with Crippen LogP contribution in [0, 0.1) is 13.8 Å². The van der Waals surface area contributed by atoms with E-state index in [9.17, 15) is 5.11 Å². The molecule has 0 saturated heterocycles. The third-order valence-corrected chi connectivity index (χ3v) is 5.01. The molecule has 3 aromatic rings. The number of aliphatic hydroxyl groups excluding tert-OH is 1. The van der Waals surface area contributed by atoms with Gasteiger partial charge in [-0.15, -0.1) is 0 Å². The molecule has 158 valence electrons. The average molecular weight is 409 g/mol. The highest BCUT2D eigenvalue weighted by Crippen LogP contribution is 2.33. The van der Waals surface area contributed by atoms with Crippen molar-refractivity contribution in [2.75, 3.05) is 19.9 Å². The summed E-state index contributed by atoms with van der Waals surface area (Å²) >= 11 is 0. The normalized spacial score (nSPS) is 13.6. The molecule has 4 rings (SSSR count). The third kappa shape index (κ3) is 5.14. The molecule has 0 spiro atoms. The Morgan fingerprint density at radius 3 is 2.63 bits per heavy atom. The van der Waals surface area contributed by atoms with E-state index in [2.05, 4.69) is 4.90 Å². The molecule has 1 N–H and O–H groups in total. The number of benzene rings is 2. The van der Waals surface area contributed by atoms with E-state index < -0.39 is 6.10 Å². The first kappa shape index (κ1) is 20.3. The molecule has 0 radical (unpaired) electrons. The summed E-state index contributed by atoms with van der Waals surface area (Å²) in [5.74, 6) is 4.04. The number of hydrogen-bond donors (Lipinski definition) is 1. The fourth-order valence-corrected chi connectivity index (χ4v) is 3.53. The second-order valence-corrected chi connectivity index (χ2v) is 7.60. The number of aliphatic hydroxyl groups is 1. The summed E-state index contributed by atoms with van der Waals surface area (Å²) < 4.78 is 22.5. The van der Waals surface area contributed by atoms with Gasteiger partial charge in [-0.25, -0.2) is 0 Å². The van der Waals surface area contributed by atoms with Crippen LogP contribution in [0.5, 0.6) is 17.2 Å². The van der Waals surface area contributed by atoms with E-state index >= 15 is 0 Å². The lowest BCUT2D eigenvalue weighted by molar-refractivity contribution is 0.0601. The van der Waals surface area contributed by atoms with Crippen molar-refractivity contribution in [2.45, 2.75) is 33.0 Å². The van der Waals surface area contributed by atoms with Crippen molar-refractivity contribution in [3.63, 3.8) is 0 Å². The van der Waals surface area contributed by atoms with E-state index in [1.807, 2.05) is 68.4 Å². The Morgan fingerprint density at radius 1 is 1.00 bits per heavy atom. The predicted molar refractivity (Wildman–Crippen MR) is 113 cm³/mol. The Labute approximate surface area is 176 Å². The first-order valence-corrected chi connectivity index (χ1v) is 10.1. The Kier molecular flexibility index (Phi) is 6.26. The Bertz CT molecular complexity index is 983. The van der Waals surface area contributed by atoms with E-state index in [-0.39, 0.29) is 13.4 Å². The smallest absolute Gasteiger partial charge is 0.231 e. The summed E-state index contributed by atoms with van der Waals surface area (Å²) in [4.78, 5) is 2.14. The van der Waals surface area contributed by atoms with Gasteiger partial charge in [-0.05, 0) is 55.3 Å². The molecular formula is C24H27NO5. The minimum atomic E-state index is -0.644. The van der Waals surface area contributed by atoms with E-state index in [1.54, 1.807) is 0 Å². The summed E-state index contributed by atoms with van der Waals surface area (Å²) in [6.45, 7) is 6.06. The number of nitrogens with zero attached hydrogens (tertiary/aromatic N) is 1. The van der Waals surface area contributed by atoms with Crippen molar-refractivity contribution >= 4 is 0 Å². The highest BCUT2D eigenvalue weighted by molar-refractivity contribution is 5.44. The van der Waals surface area contributed by atoms with Crippen LogP contribution in [0.15, 0.2) is 59.0 Å². The van der Waals surface area contributed by atoms with Gasteiger partial charge in [-0.2, -0.15) is 0 Å². The summed E-state index contributed by atoms with van der Waals surface area (Å²) in [5.41, 5.74) is 2.13. The molecule has 2 aromatic carbocycles. The van der Waals surface area contributed by atoms with E-state index in [4.69, 9.17) is 18.6 Å². The molecule has 0 aliphatic carbocycles. The van der Waals surface area contributed by atoms with E-state index in [0.717, 1.165) is 39.9 Å². The van der Waals surface area contributed by atoms with Crippen LogP contribution in [-0.4, -0.2) is 36.1 Å². The average Bonchev–Trinajstić information content (AvgIpc) is 3.35. The van der Waals surface area contributed by atoms with Crippen LogP contribution in [0.1, 0.15) is 22.6 Å². The van der Waals surface area contributed by atoms with Gasteiger partial charge in [0.15, 0.2) is 11.5 Å². The van der Waals surface area contributed by atoms with E-state index in [0.29, 0.717) is 19.6 Å². The monoisotopic (exact) mass is 409 g/mol. The highest BCUT2D eigenvalue weighted by atomic mass is 16.7. The highest BCUT2D eigenvalue weighted by Gasteiger charge is 2.18. The first-order chi connectivity index (χ1) is 14.6. The van der Waals surface area contributed by atoms with Gasteiger partial charge < -0.3 is 23.7 Å². The first-order valence-electron chi connectivity index (χ1n) is 10.1. The van der Waals surface area contributed by atoms with Crippen molar-refractivity contribution in [2.24, 2.45) is 0 Å². The van der Waals surface area contributed by atoms with Gasteiger partial charge in [0.1, 0.15) is 30.0 Å². The number of furan rings is 1. The van der Waals surface area contributed by atoms with Crippen LogP contribution in [-0.2, 0) is 13.1 Å². The van der Waals surface area contributed by atoms with Crippen molar-refractivity contribution in [3.05, 3.63) is 77.2 Å². The SMILES string of the molecule is Cc1ccc(CN(Cc2ccc3c(c2)OCO3)CC(O)COc2ccccc2C)o1. The second kappa shape index (κ2) is 9.24. The van der Waals surface area contributed by atoms with Gasteiger partial charge in [-0.3, -0.25) is 4.90 Å². The van der Waals surface area contributed by atoms with Crippen LogP contribution >= 0.6 is 0 Å². The Morgan fingerprint density at radius 2 is 1.83 bits per heavy atom. The van der Waals surface area contributed by atoms with Gasteiger partial charge in [0.2, 0.25) is 6.79 Å². The largest absolute Gasteiger partial charge is 0.491 e. The molecule has 6 heteroatoms. The van der Waals surface area contributed by atoms with Crippen molar-refractivity contribution in [3.8, 4) is 17.2 Å². The van der Waals surface area contributed by atoms with Crippen LogP contribution in [0.4, 0.5) is 0 Å². The van der Waals surface area contributed by atoms with Crippen molar-refractivity contribution in [1.82, 2.24) is 4.90 Å². The minimum absolute atomic E-state index is 0.222. The summed E-state index contributed by atoms with van der Waals surface area (Å²) in [7, 11) is 0.